The van der Waals surface area contributed by atoms with Crippen LogP contribution in [0, 0.1) is 0 Å². The van der Waals surface area contributed by atoms with Gasteiger partial charge in [0.05, 0.1) is 50.1 Å². The fourth-order valence-electron chi connectivity index (χ4n) is 9.44. The van der Waals surface area contributed by atoms with Crippen molar-refractivity contribution in [2.24, 2.45) is 11.5 Å². The molecular weight excluding hydrogens is 1310 g/mol. The zero-order chi connectivity index (χ0) is 65.8. The highest BCUT2D eigenvalue weighted by molar-refractivity contribution is 8.24. The lowest BCUT2D eigenvalue weighted by Crippen LogP contribution is -2.41. The van der Waals surface area contributed by atoms with Gasteiger partial charge >= 0.3 is 30.0 Å². The minimum Gasteiger partial charge on any atom is -0.478 e. The molecule has 92 heavy (non-hydrogen) atoms. The predicted molar refractivity (Wildman–Crippen MR) is 380 cm³/mol. The number of nitrogens with zero attached hydrogens (tertiary/aromatic N) is 4. The van der Waals surface area contributed by atoms with Crippen LogP contribution in [0.1, 0.15) is 45.5 Å². The average Bonchev–Trinajstić information content (AvgIpc) is 1.11. The Labute approximate surface area is 557 Å². The normalized spacial score (nSPS) is 12.6. The molecule has 0 aliphatic carbocycles. The van der Waals surface area contributed by atoms with E-state index in [0.717, 1.165) is 81.6 Å². The number of halogens is 6. The molecule has 0 bridgehead atoms. The van der Waals surface area contributed by atoms with Crippen LogP contribution in [-0.4, -0.2) is 65.3 Å². The molecule has 25 heteroatoms. The number of carboxylic acids is 1. The van der Waals surface area contributed by atoms with Crippen LogP contribution in [0.25, 0.3) is 87.1 Å². The van der Waals surface area contributed by atoms with Crippen LogP contribution in [0.2, 0.25) is 15.7 Å². The molecule has 2 amide bonds. The molecule has 0 unspecified atom stereocenters. The number of hydrogen-bond acceptors (Lipinski definition) is 12. The van der Waals surface area contributed by atoms with E-state index in [0.29, 0.717) is 21.7 Å². The van der Waals surface area contributed by atoms with Crippen LogP contribution < -0.4 is 33.9 Å². The molecule has 0 saturated carbocycles. The van der Waals surface area contributed by atoms with E-state index in [1.807, 2.05) is 164 Å². The standard InChI is InChI=1S/C18H11ClN2.C12H17BO2.C12H6Cl2N2.C12H8N2O2.C11H9NO2.CH4N2O.CH4.Cl3OP/c19-18-20-16(13-7-2-1-3-8-13)15-11-10-12-6-4-5-9-14(12)17(15)21-18;1-11(2)12(3,4)15-13(14-11)10-8-6-5-7-9-10;13-11-9-6-5-7-3-1-2-4-8(7)10(9)15-12(14)16-11;15-11-9-6-5-7-3-1-2-4-8(7)10(9)13-12(16)14-11;12-10-8-4-2-1-3-7(8)5-6-9(10)11(13)14;2-1(3)4;;1-5(2,3)4/h1-11H;5-9H,1-4H3;1-6H;1-6H,(H2,13,14,15,16);1-6H,12H2,(H,13,14);(H4,2,3,4);1H4;. The second-order valence-electron chi connectivity index (χ2n) is 20.8. The Morgan fingerprint density at radius 1 is 0.511 bits per heavy atom. The highest BCUT2D eigenvalue weighted by atomic mass is 36.0. The van der Waals surface area contributed by atoms with Crippen molar-refractivity contribution in [3.8, 4) is 11.3 Å². The molecule has 0 radical (unpaired) electrons. The number of fused-ring (bicyclic) bond motifs is 10. The van der Waals surface area contributed by atoms with Crippen molar-refractivity contribution in [1.29, 1.82) is 0 Å². The SMILES string of the molecule is C.CC1(C)OB(c2ccccc2)OC1(C)C.Clc1nc(-c2ccccc2)c2ccc3ccccc3c2n1.Clc1nc(Cl)c2ccc3ccccc3c2n1.NC(N)=O.Nc1c(C(=O)O)ccc2ccccc12.O=P(Cl)(Cl)Cl.O=c1[nH]c(=O)c2ccc3ccccc3c2[nH]1. The molecule has 3 aromatic heterocycles. The second kappa shape index (κ2) is 31.1. The van der Waals surface area contributed by atoms with Crippen molar-refractivity contribution in [2.45, 2.75) is 46.3 Å². The number of anilines is 1. The van der Waals surface area contributed by atoms with E-state index in [1.165, 1.54) is 6.07 Å². The van der Waals surface area contributed by atoms with Crippen LogP contribution in [0.4, 0.5) is 10.5 Å². The summed E-state index contributed by atoms with van der Waals surface area (Å²) in [6.07, 6.45) is 0. The lowest BCUT2D eigenvalue weighted by molar-refractivity contribution is 0.00578. The maximum atomic E-state index is 11.6. The van der Waals surface area contributed by atoms with E-state index in [4.69, 9.17) is 59.7 Å². The Morgan fingerprint density at radius 3 is 1.41 bits per heavy atom. The summed E-state index contributed by atoms with van der Waals surface area (Å²) in [4.78, 5) is 64.5. The average molecular weight is 1370 g/mol. The summed E-state index contributed by atoms with van der Waals surface area (Å²) >= 11 is 31.8. The maximum Gasteiger partial charge on any atom is 0.494 e. The zero-order valence-electron chi connectivity index (χ0n) is 48.7. The summed E-state index contributed by atoms with van der Waals surface area (Å²) in [6, 6.07) is 65.4. The number of aromatic amines is 2. The van der Waals surface area contributed by atoms with Crippen molar-refractivity contribution in [2.75, 3.05) is 5.73 Å². The number of hydrogen-bond donors (Lipinski definition) is 6. The minimum atomic E-state index is -3.22. The monoisotopic (exact) mass is 1370 g/mol. The fraction of sp³-hybridized carbons (Fsp3) is 0.104. The second-order valence-corrected chi connectivity index (χ2v) is 28.5. The molecule has 0 spiro atoms. The number of carbonyl (C=O) groups excluding carboxylic acids is 1. The number of primary amides is 2. The topological polar surface area (TPSA) is 285 Å². The first kappa shape index (κ1) is 70.8. The minimum absolute atomic E-state index is 0. The molecule has 14 rings (SSSR count). The Bertz CT molecular complexity index is 4950. The van der Waals surface area contributed by atoms with Crippen LogP contribution in [-0.2, 0) is 13.9 Å². The highest BCUT2D eigenvalue weighted by Gasteiger charge is 2.51. The number of amides is 2. The summed E-state index contributed by atoms with van der Waals surface area (Å²) in [6.45, 7) is 8.26. The number of H-pyrrole nitrogens is 2. The molecule has 0 atom stereocenters. The molecule has 13 aromatic rings. The molecule has 1 aliphatic heterocycles. The quantitative estimate of drug-likeness (QED) is 0.0240. The van der Waals surface area contributed by atoms with Crippen molar-refractivity contribution in [1.82, 2.24) is 29.9 Å². The first-order chi connectivity index (χ1) is 43.2. The Kier molecular flexibility index (Phi) is 23.9. The van der Waals surface area contributed by atoms with Gasteiger partial charge in [-0.3, -0.25) is 14.3 Å². The zero-order valence-corrected chi connectivity index (χ0v) is 54.2. The molecule has 10 aromatic carbocycles. The van der Waals surface area contributed by atoms with Gasteiger partial charge in [-0.25, -0.2) is 34.3 Å². The van der Waals surface area contributed by atoms with Gasteiger partial charge in [-0.2, -0.15) is 0 Å². The number of nitrogens with one attached hydrogen (secondary N) is 2. The van der Waals surface area contributed by atoms with E-state index >= 15 is 0 Å². The molecular formula is C67H59BCl6N9O8P. The Morgan fingerprint density at radius 2 is 0.902 bits per heavy atom. The Hall–Kier alpha value is -8.65. The first-order valence-corrected chi connectivity index (χ1v) is 32.9. The summed E-state index contributed by atoms with van der Waals surface area (Å²) < 4.78 is 21.4. The van der Waals surface area contributed by atoms with E-state index in [1.54, 1.807) is 12.1 Å². The van der Waals surface area contributed by atoms with E-state index in [9.17, 15) is 18.9 Å². The number of aromatic nitrogens is 6. The number of rotatable bonds is 3. The van der Waals surface area contributed by atoms with E-state index in [-0.39, 0.29) is 47.4 Å². The lowest BCUT2D eigenvalue weighted by Gasteiger charge is -2.32. The van der Waals surface area contributed by atoms with Gasteiger partial charge in [0.2, 0.25) is 10.6 Å². The number of benzene rings is 10. The van der Waals surface area contributed by atoms with Gasteiger partial charge in [-0.1, -0.05) is 201 Å². The van der Waals surface area contributed by atoms with Crippen LogP contribution in [0.5, 0.6) is 0 Å². The molecule has 1 saturated heterocycles. The van der Waals surface area contributed by atoms with Gasteiger partial charge in [-0.05, 0) is 136 Å². The number of carbonyl (C=O) groups is 2. The molecule has 470 valence electrons. The molecule has 1 fully saturated rings. The smallest absolute Gasteiger partial charge is 0.478 e. The van der Waals surface area contributed by atoms with E-state index < -0.39 is 22.9 Å². The van der Waals surface area contributed by atoms with Crippen LogP contribution >= 0.6 is 73.7 Å². The lowest BCUT2D eigenvalue weighted by atomic mass is 9.79. The van der Waals surface area contributed by atoms with Crippen molar-refractivity contribution >= 4 is 180 Å². The van der Waals surface area contributed by atoms with Gasteiger partial charge in [0, 0.05) is 37.9 Å². The number of nitrogen functional groups attached to an aromatic ring is 1. The van der Waals surface area contributed by atoms with Gasteiger partial charge < -0.3 is 36.6 Å². The van der Waals surface area contributed by atoms with Crippen LogP contribution in [0.3, 0.4) is 0 Å². The van der Waals surface area contributed by atoms with Crippen molar-refractivity contribution < 1.29 is 28.6 Å². The third-order valence-corrected chi connectivity index (χ3v) is 14.9. The van der Waals surface area contributed by atoms with Crippen molar-refractivity contribution in [3.63, 3.8) is 0 Å². The van der Waals surface area contributed by atoms with Gasteiger partial charge in [0.15, 0.2) is 0 Å². The number of urea groups is 1. The van der Waals surface area contributed by atoms with Gasteiger partial charge in [0.1, 0.15) is 5.15 Å². The third kappa shape index (κ3) is 18.1. The molecule has 1 aliphatic rings. The van der Waals surface area contributed by atoms with Crippen LogP contribution in [0.15, 0.2) is 216 Å². The Balaban J connectivity index is 0.000000158. The summed E-state index contributed by atoms with van der Waals surface area (Å²) in [5, 5.41) is 16.8. The summed E-state index contributed by atoms with van der Waals surface area (Å²) in [7, 11) is -0.240. The number of nitrogens with two attached hydrogens (primary N) is 3. The number of carboxylic acid groups (broad SMARTS) is 1. The molecule has 4 heterocycles. The highest BCUT2D eigenvalue weighted by Crippen LogP contribution is 2.61. The maximum absolute atomic E-state index is 11.6. The molecule has 17 nitrogen and oxygen atoms in total. The number of aromatic carboxylic acids is 1. The molecule has 9 N–H and O–H groups in total. The third-order valence-electron chi connectivity index (χ3n) is 14.3. The first-order valence-electron chi connectivity index (χ1n) is 27.4. The fourth-order valence-corrected chi connectivity index (χ4v) is 10.0. The predicted octanol–water partition coefficient (Wildman–Crippen LogP) is 17.1. The summed E-state index contributed by atoms with van der Waals surface area (Å²) in [5.41, 5.74) is 18.7. The van der Waals surface area contributed by atoms with E-state index in [2.05, 4.69) is 127 Å². The van der Waals surface area contributed by atoms with Gasteiger partial charge in [0.25, 0.3) is 5.56 Å². The largest absolute Gasteiger partial charge is 0.494 e. The van der Waals surface area contributed by atoms with Gasteiger partial charge in [-0.15, -0.1) is 0 Å². The van der Waals surface area contributed by atoms with Crippen molar-refractivity contribution in [3.05, 3.63) is 248 Å². The summed E-state index contributed by atoms with van der Waals surface area (Å²) in [5.74, 6) is -0.992.